The molecule has 4 aliphatic rings. The third kappa shape index (κ3) is 1.58. The standard InChI is InChI=1S/C11H20N2.ClH/c1-12-13-11-9-3-7-2-8(5-9)6-10(11)4-7;/h7-13H,2-6H2,1H3;1H. The van der Waals surface area contributed by atoms with Crippen LogP contribution in [0.2, 0.25) is 0 Å². The highest BCUT2D eigenvalue weighted by atomic mass is 35.5. The van der Waals surface area contributed by atoms with E-state index in [0.29, 0.717) is 0 Å². The van der Waals surface area contributed by atoms with Crippen LogP contribution in [0.25, 0.3) is 0 Å². The fourth-order valence-electron chi connectivity index (χ4n) is 4.33. The van der Waals surface area contributed by atoms with Crippen LogP contribution in [0.3, 0.4) is 0 Å². The van der Waals surface area contributed by atoms with Gasteiger partial charge < -0.3 is 0 Å². The van der Waals surface area contributed by atoms with Crippen molar-refractivity contribution in [2.45, 2.75) is 38.1 Å². The maximum absolute atomic E-state index is 3.48. The Bertz CT molecular complexity index is 179. The van der Waals surface area contributed by atoms with Crippen molar-refractivity contribution < 1.29 is 0 Å². The molecule has 0 spiro atoms. The normalized spacial score (nSPS) is 49.1. The van der Waals surface area contributed by atoms with Gasteiger partial charge in [0.25, 0.3) is 0 Å². The lowest BCUT2D eigenvalue weighted by atomic mass is 9.54. The van der Waals surface area contributed by atoms with Gasteiger partial charge in [0.1, 0.15) is 0 Å². The topological polar surface area (TPSA) is 24.1 Å². The van der Waals surface area contributed by atoms with Crippen LogP contribution in [-0.4, -0.2) is 13.1 Å². The first kappa shape index (κ1) is 10.7. The first-order valence-electron chi connectivity index (χ1n) is 5.79. The van der Waals surface area contributed by atoms with Gasteiger partial charge in [0, 0.05) is 6.04 Å². The number of nitrogens with one attached hydrogen (secondary N) is 2. The number of hydrogen-bond acceptors (Lipinski definition) is 2. The highest BCUT2D eigenvalue weighted by Gasteiger charge is 2.47. The molecule has 2 nitrogen and oxygen atoms in total. The summed E-state index contributed by atoms with van der Waals surface area (Å²) in [5.41, 5.74) is 6.62. The highest BCUT2D eigenvalue weighted by molar-refractivity contribution is 5.85. The number of rotatable bonds is 2. The first-order chi connectivity index (χ1) is 6.36. The predicted molar refractivity (Wildman–Crippen MR) is 60.3 cm³/mol. The van der Waals surface area contributed by atoms with Crippen LogP contribution in [0.4, 0.5) is 0 Å². The quantitative estimate of drug-likeness (QED) is 0.690. The Balaban J connectivity index is 0.000000750. The van der Waals surface area contributed by atoms with Crippen LogP contribution in [-0.2, 0) is 0 Å². The highest BCUT2D eigenvalue weighted by Crippen LogP contribution is 2.53. The van der Waals surface area contributed by atoms with Crippen molar-refractivity contribution in [2.24, 2.45) is 23.7 Å². The van der Waals surface area contributed by atoms with E-state index in [9.17, 15) is 0 Å². The molecule has 0 aromatic rings. The van der Waals surface area contributed by atoms with E-state index in [0.717, 1.165) is 29.7 Å². The lowest BCUT2D eigenvalue weighted by Gasteiger charge is -2.54. The summed E-state index contributed by atoms with van der Waals surface area (Å²) in [4.78, 5) is 0. The van der Waals surface area contributed by atoms with E-state index in [1.807, 2.05) is 7.05 Å². The van der Waals surface area contributed by atoms with Crippen molar-refractivity contribution in [3.63, 3.8) is 0 Å². The van der Waals surface area contributed by atoms with Crippen LogP contribution >= 0.6 is 12.4 Å². The second-order valence-corrected chi connectivity index (χ2v) is 5.35. The average molecular weight is 217 g/mol. The van der Waals surface area contributed by atoms with Gasteiger partial charge in [-0.25, -0.2) is 0 Å². The minimum atomic E-state index is 0. The van der Waals surface area contributed by atoms with Crippen LogP contribution in [0.1, 0.15) is 32.1 Å². The molecule has 0 atom stereocenters. The summed E-state index contributed by atoms with van der Waals surface area (Å²) in [6.07, 6.45) is 7.58. The molecule has 4 aliphatic carbocycles. The van der Waals surface area contributed by atoms with Gasteiger partial charge in [0.15, 0.2) is 0 Å². The fraction of sp³-hybridized carbons (Fsp3) is 1.00. The summed E-state index contributed by atoms with van der Waals surface area (Å²) in [7, 11) is 2.01. The summed E-state index contributed by atoms with van der Waals surface area (Å²) in [5, 5.41) is 0. The summed E-state index contributed by atoms with van der Waals surface area (Å²) in [6.45, 7) is 0. The molecule has 14 heavy (non-hydrogen) atoms. The van der Waals surface area contributed by atoms with Crippen molar-refractivity contribution in [1.82, 2.24) is 10.9 Å². The van der Waals surface area contributed by atoms with E-state index in [2.05, 4.69) is 10.9 Å². The maximum atomic E-state index is 3.48. The second-order valence-electron chi connectivity index (χ2n) is 5.35. The average Bonchev–Trinajstić information content (AvgIpc) is 2.10. The third-order valence-corrected chi connectivity index (χ3v) is 4.54. The summed E-state index contributed by atoms with van der Waals surface area (Å²) in [6, 6.07) is 0.790. The summed E-state index contributed by atoms with van der Waals surface area (Å²) < 4.78 is 0. The van der Waals surface area contributed by atoms with Crippen molar-refractivity contribution in [1.29, 1.82) is 0 Å². The monoisotopic (exact) mass is 216 g/mol. The predicted octanol–water partition coefficient (Wildman–Crippen LogP) is 1.96. The molecule has 0 unspecified atom stereocenters. The van der Waals surface area contributed by atoms with Crippen LogP contribution in [0.5, 0.6) is 0 Å². The molecule has 0 aromatic heterocycles. The zero-order chi connectivity index (χ0) is 8.84. The lowest BCUT2D eigenvalue weighted by molar-refractivity contribution is -0.0177. The van der Waals surface area contributed by atoms with Crippen LogP contribution in [0, 0.1) is 23.7 Å². The fourth-order valence-corrected chi connectivity index (χ4v) is 4.33. The van der Waals surface area contributed by atoms with Gasteiger partial charge in [0.2, 0.25) is 0 Å². The molecule has 0 heterocycles. The molecule has 0 radical (unpaired) electrons. The molecular weight excluding hydrogens is 196 g/mol. The molecule has 3 heteroatoms. The van der Waals surface area contributed by atoms with E-state index < -0.39 is 0 Å². The minimum absolute atomic E-state index is 0. The van der Waals surface area contributed by atoms with E-state index in [-0.39, 0.29) is 12.4 Å². The van der Waals surface area contributed by atoms with Gasteiger partial charge in [-0.05, 0) is 62.8 Å². The number of hydrogen-bond donors (Lipinski definition) is 2. The van der Waals surface area contributed by atoms with Gasteiger partial charge in [-0.3, -0.25) is 10.9 Å². The molecule has 4 bridgehead atoms. The Kier molecular flexibility index (Phi) is 3.06. The Morgan fingerprint density at radius 1 is 0.857 bits per heavy atom. The van der Waals surface area contributed by atoms with Crippen molar-refractivity contribution >= 4 is 12.4 Å². The largest absolute Gasteiger partial charge is 0.261 e. The minimum Gasteiger partial charge on any atom is -0.261 e. The number of hydrazine groups is 1. The molecule has 4 saturated carbocycles. The van der Waals surface area contributed by atoms with E-state index in [4.69, 9.17) is 0 Å². The van der Waals surface area contributed by atoms with Crippen molar-refractivity contribution in [3.05, 3.63) is 0 Å². The second kappa shape index (κ2) is 3.99. The Morgan fingerprint density at radius 2 is 1.36 bits per heavy atom. The van der Waals surface area contributed by atoms with Gasteiger partial charge >= 0.3 is 0 Å². The van der Waals surface area contributed by atoms with Crippen molar-refractivity contribution in [3.8, 4) is 0 Å². The lowest BCUT2D eigenvalue weighted by Crippen LogP contribution is -2.57. The zero-order valence-corrected chi connectivity index (χ0v) is 9.65. The van der Waals surface area contributed by atoms with Gasteiger partial charge in [-0.1, -0.05) is 0 Å². The molecule has 0 amide bonds. The molecule has 2 N–H and O–H groups in total. The molecule has 0 aromatic carbocycles. The third-order valence-electron chi connectivity index (χ3n) is 4.54. The summed E-state index contributed by atoms with van der Waals surface area (Å²) in [5.74, 6) is 4.17. The van der Waals surface area contributed by atoms with E-state index >= 15 is 0 Å². The van der Waals surface area contributed by atoms with E-state index in [1.54, 1.807) is 6.42 Å². The Labute approximate surface area is 92.6 Å². The van der Waals surface area contributed by atoms with Crippen molar-refractivity contribution in [2.75, 3.05) is 7.05 Å². The van der Waals surface area contributed by atoms with Gasteiger partial charge in [0.05, 0.1) is 0 Å². The van der Waals surface area contributed by atoms with Crippen LogP contribution < -0.4 is 10.9 Å². The molecule has 82 valence electrons. The Morgan fingerprint density at radius 3 is 1.79 bits per heavy atom. The molecular formula is C11H21ClN2. The molecule has 4 fully saturated rings. The first-order valence-corrected chi connectivity index (χ1v) is 5.79. The molecule has 4 rings (SSSR count). The maximum Gasteiger partial charge on any atom is 0.0269 e. The molecule has 0 aliphatic heterocycles. The SMILES string of the molecule is CNNC1C2CC3CC(C2)CC1C3.Cl. The zero-order valence-electron chi connectivity index (χ0n) is 8.83. The van der Waals surface area contributed by atoms with E-state index in [1.165, 1.54) is 25.7 Å². The van der Waals surface area contributed by atoms with Gasteiger partial charge in [-0.2, -0.15) is 0 Å². The van der Waals surface area contributed by atoms with Gasteiger partial charge in [-0.15, -0.1) is 12.4 Å². The smallest absolute Gasteiger partial charge is 0.0269 e. The summed E-state index contributed by atoms with van der Waals surface area (Å²) >= 11 is 0. The van der Waals surface area contributed by atoms with Crippen LogP contribution in [0.15, 0.2) is 0 Å². The number of halogens is 1. The molecule has 0 saturated heterocycles. The Hall–Kier alpha value is 0.210.